The molecule has 0 aliphatic carbocycles. The fourth-order valence-corrected chi connectivity index (χ4v) is 1.26. The van der Waals surface area contributed by atoms with Gasteiger partial charge in [-0.15, -0.1) is 0 Å². The van der Waals surface area contributed by atoms with Gasteiger partial charge in [0.15, 0.2) is 5.82 Å². The van der Waals surface area contributed by atoms with Gasteiger partial charge in [0.25, 0.3) is 0 Å². The monoisotopic (exact) mass is 239 g/mol. The first-order valence-electron chi connectivity index (χ1n) is 5.94. The summed E-state index contributed by atoms with van der Waals surface area (Å²) in [5, 5.41) is 3.24. The third-order valence-electron chi connectivity index (χ3n) is 2.15. The van der Waals surface area contributed by atoms with Crippen LogP contribution in [-0.4, -0.2) is 36.8 Å². The van der Waals surface area contributed by atoms with E-state index < -0.39 is 0 Å². The molecular formula is C12H21N3O2. The van der Waals surface area contributed by atoms with Gasteiger partial charge < -0.3 is 14.8 Å². The molecule has 0 saturated carbocycles. The molecule has 5 heteroatoms. The summed E-state index contributed by atoms with van der Waals surface area (Å²) >= 11 is 0. The minimum Gasteiger partial charge on any atom is -0.383 e. The third kappa shape index (κ3) is 6.31. The van der Waals surface area contributed by atoms with E-state index in [2.05, 4.69) is 22.2 Å². The predicted octanol–water partition coefficient (Wildman–Crippen LogP) is 1.14. The van der Waals surface area contributed by atoms with E-state index in [4.69, 9.17) is 9.47 Å². The summed E-state index contributed by atoms with van der Waals surface area (Å²) in [6.07, 6.45) is 4.68. The van der Waals surface area contributed by atoms with Crippen LogP contribution in [0.5, 0.6) is 0 Å². The lowest BCUT2D eigenvalue weighted by Gasteiger charge is -2.05. The number of nitrogens with one attached hydrogen (secondary N) is 1. The standard InChI is InChI=1S/C12H21N3O2/c1-3-5-17-10-12-14-8-11(9-15-12)7-13-4-6-16-2/h8-9,13H,3-7,10H2,1-2H3. The van der Waals surface area contributed by atoms with Gasteiger partial charge in [-0.25, -0.2) is 9.97 Å². The van der Waals surface area contributed by atoms with Gasteiger partial charge in [0.1, 0.15) is 6.61 Å². The number of hydrogen-bond acceptors (Lipinski definition) is 5. The highest BCUT2D eigenvalue weighted by Gasteiger charge is 1.98. The lowest BCUT2D eigenvalue weighted by atomic mass is 10.3. The molecule has 0 atom stereocenters. The summed E-state index contributed by atoms with van der Waals surface area (Å²) in [5.41, 5.74) is 1.07. The molecule has 1 aromatic heterocycles. The first kappa shape index (κ1) is 14.0. The molecule has 0 bridgehead atoms. The molecule has 0 aliphatic heterocycles. The fraction of sp³-hybridized carbons (Fsp3) is 0.667. The first-order valence-corrected chi connectivity index (χ1v) is 5.94. The van der Waals surface area contributed by atoms with Crippen LogP contribution in [0.25, 0.3) is 0 Å². The second-order valence-corrected chi connectivity index (χ2v) is 3.73. The number of methoxy groups -OCH3 is 1. The van der Waals surface area contributed by atoms with E-state index in [1.165, 1.54) is 0 Å². The molecule has 1 aromatic rings. The Balaban J connectivity index is 2.24. The highest BCUT2D eigenvalue weighted by Crippen LogP contribution is 1.97. The molecule has 5 nitrogen and oxygen atoms in total. The van der Waals surface area contributed by atoms with Crippen LogP contribution in [-0.2, 0) is 22.6 Å². The Kier molecular flexibility index (Phi) is 7.46. The summed E-state index contributed by atoms with van der Waals surface area (Å²) in [5.74, 6) is 0.735. The van der Waals surface area contributed by atoms with Crippen molar-refractivity contribution in [3.8, 4) is 0 Å². The maximum Gasteiger partial charge on any atom is 0.153 e. The van der Waals surface area contributed by atoms with Crippen LogP contribution in [0.3, 0.4) is 0 Å². The Bertz CT molecular complexity index is 290. The zero-order valence-corrected chi connectivity index (χ0v) is 10.6. The molecule has 0 aliphatic rings. The van der Waals surface area contributed by atoms with Gasteiger partial charge in [0.05, 0.1) is 6.61 Å². The number of nitrogens with zero attached hydrogens (tertiary/aromatic N) is 2. The molecule has 0 fully saturated rings. The van der Waals surface area contributed by atoms with Crippen molar-refractivity contribution in [2.24, 2.45) is 0 Å². The largest absolute Gasteiger partial charge is 0.383 e. The lowest BCUT2D eigenvalue weighted by molar-refractivity contribution is 0.116. The molecule has 0 saturated heterocycles. The van der Waals surface area contributed by atoms with Crippen LogP contribution in [0.1, 0.15) is 24.7 Å². The van der Waals surface area contributed by atoms with Crippen LogP contribution >= 0.6 is 0 Å². The summed E-state index contributed by atoms with van der Waals surface area (Å²) in [6.45, 7) is 5.63. The highest BCUT2D eigenvalue weighted by molar-refractivity contribution is 5.04. The van der Waals surface area contributed by atoms with Crippen LogP contribution in [0, 0.1) is 0 Å². The van der Waals surface area contributed by atoms with E-state index in [1.807, 2.05) is 12.4 Å². The van der Waals surface area contributed by atoms with Crippen molar-refractivity contribution in [1.29, 1.82) is 0 Å². The van der Waals surface area contributed by atoms with Crippen LogP contribution in [0.2, 0.25) is 0 Å². The van der Waals surface area contributed by atoms with Crippen LogP contribution < -0.4 is 5.32 Å². The van der Waals surface area contributed by atoms with Crippen molar-refractivity contribution in [2.45, 2.75) is 26.5 Å². The van der Waals surface area contributed by atoms with E-state index >= 15 is 0 Å². The van der Waals surface area contributed by atoms with Crippen molar-refractivity contribution in [1.82, 2.24) is 15.3 Å². The van der Waals surface area contributed by atoms with Crippen molar-refractivity contribution in [3.63, 3.8) is 0 Å². The number of ether oxygens (including phenoxy) is 2. The van der Waals surface area contributed by atoms with E-state index in [1.54, 1.807) is 7.11 Å². The molecule has 1 N–H and O–H groups in total. The van der Waals surface area contributed by atoms with Crippen LogP contribution in [0.4, 0.5) is 0 Å². The average Bonchev–Trinajstić information content (AvgIpc) is 2.37. The second kappa shape index (κ2) is 9.04. The molecule has 1 heterocycles. The second-order valence-electron chi connectivity index (χ2n) is 3.73. The third-order valence-corrected chi connectivity index (χ3v) is 2.15. The van der Waals surface area contributed by atoms with E-state index in [0.717, 1.165) is 37.5 Å². The molecule has 17 heavy (non-hydrogen) atoms. The molecule has 0 amide bonds. The normalized spacial score (nSPS) is 10.7. The van der Waals surface area contributed by atoms with E-state index in [-0.39, 0.29) is 0 Å². The van der Waals surface area contributed by atoms with Crippen molar-refractivity contribution in [3.05, 3.63) is 23.8 Å². The van der Waals surface area contributed by atoms with Crippen molar-refractivity contribution in [2.75, 3.05) is 26.9 Å². The Morgan fingerprint density at radius 3 is 2.65 bits per heavy atom. The molecule has 0 aromatic carbocycles. The van der Waals surface area contributed by atoms with Crippen molar-refractivity contribution < 1.29 is 9.47 Å². The zero-order valence-electron chi connectivity index (χ0n) is 10.6. The van der Waals surface area contributed by atoms with Crippen molar-refractivity contribution >= 4 is 0 Å². The van der Waals surface area contributed by atoms with Crippen LogP contribution in [0.15, 0.2) is 12.4 Å². The van der Waals surface area contributed by atoms with Gasteiger partial charge in [0.2, 0.25) is 0 Å². The summed E-state index contributed by atoms with van der Waals surface area (Å²) in [7, 11) is 1.69. The minimum atomic E-state index is 0.491. The SMILES string of the molecule is CCCOCc1ncc(CNCCOC)cn1. The Hall–Kier alpha value is -1.04. The van der Waals surface area contributed by atoms with E-state index in [0.29, 0.717) is 13.2 Å². The maximum absolute atomic E-state index is 5.36. The molecule has 0 radical (unpaired) electrons. The average molecular weight is 239 g/mol. The smallest absolute Gasteiger partial charge is 0.153 e. The molecule has 0 unspecified atom stereocenters. The van der Waals surface area contributed by atoms with Gasteiger partial charge in [-0.2, -0.15) is 0 Å². The van der Waals surface area contributed by atoms with Gasteiger partial charge in [0, 0.05) is 44.8 Å². The van der Waals surface area contributed by atoms with Gasteiger partial charge >= 0.3 is 0 Å². The topological polar surface area (TPSA) is 56.3 Å². The lowest BCUT2D eigenvalue weighted by Crippen LogP contribution is -2.18. The quantitative estimate of drug-likeness (QED) is 0.655. The Labute approximate surface area is 103 Å². The summed E-state index contributed by atoms with van der Waals surface area (Å²) in [4.78, 5) is 8.48. The summed E-state index contributed by atoms with van der Waals surface area (Å²) < 4.78 is 10.3. The zero-order chi connectivity index (χ0) is 12.3. The number of aromatic nitrogens is 2. The van der Waals surface area contributed by atoms with Gasteiger partial charge in [-0.05, 0) is 6.42 Å². The molecule has 96 valence electrons. The fourth-order valence-electron chi connectivity index (χ4n) is 1.26. The maximum atomic E-state index is 5.36. The molecule has 1 rings (SSSR count). The van der Waals surface area contributed by atoms with Gasteiger partial charge in [-0.3, -0.25) is 0 Å². The molecule has 0 spiro atoms. The first-order chi connectivity index (χ1) is 8.36. The van der Waals surface area contributed by atoms with Gasteiger partial charge in [-0.1, -0.05) is 6.92 Å². The molecular weight excluding hydrogens is 218 g/mol. The Morgan fingerprint density at radius 2 is 2.00 bits per heavy atom. The predicted molar refractivity (Wildman–Crippen MR) is 65.6 cm³/mol. The summed E-state index contributed by atoms with van der Waals surface area (Å²) in [6, 6.07) is 0. The Morgan fingerprint density at radius 1 is 1.24 bits per heavy atom. The minimum absolute atomic E-state index is 0.491. The number of hydrogen-bond donors (Lipinski definition) is 1. The highest BCUT2D eigenvalue weighted by atomic mass is 16.5. The van der Waals surface area contributed by atoms with E-state index in [9.17, 15) is 0 Å². The number of rotatable bonds is 9.